The molecule has 0 saturated heterocycles. The number of ether oxygens (including phenoxy) is 1. The summed E-state index contributed by atoms with van der Waals surface area (Å²) in [5.41, 5.74) is 1.84. The van der Waals surface area contributed by atoms with Crippen molar-refractivity contribution in [1.29, 1.82) is 0 Å². The molecule has 3 rings (SSSR count). The second-order valence-corrected chi connectivity index (χ2v) is 9.37. The fourth-order valence-electron chi connectivity index (χ4n) is 3.24. The third-order valence-electron chi connectivity index (χ3n) is 4.79. The zero-order chi connectivity index (χ0) is 23.1. The van der Waals surface area contributed by atoms with Crippen LogP contribution in [0.5, 0.6) is 5.75 Å². The number of carbonyl (C=O) groups excluding carboxylic acids is 1. The van der Waals surface area contributed by atoms with Gasteiger partial charge in [-0.2, -0.15) is 0 Å². The number of hydrogen-bond donors (Lipinski definition) is 1. The number of amides is 1. The highest BCUT2D eigenvalue weighted by Gasteiger charge is 2.28. The van der Waals surface area contributed by atoms with Crippen LogP contribution < -0.4 is 14.4 Å². The van der Waals surface area contributed by atoms with Gasteiger partial charge in [-0.15, -0.1) is 0 Å². The maximum absolute atomic E-state index is 13.4. The molecule has 0 saturated carbocycles. The van der Waals surface area contributed by atoms with Gasteiger partial charge >= 0.3 is 0 Å². The summed E-state index contributed by atoms with van der Waals surface area (Å²) in [6, 6.07) is 20.3. The lowest BCUT2D eigenvalue weighted by Crippen LogP contribution is -2.41. The molecule has 0 fully saturated rings. The molecule has 0 heterocycles. The van der Waals surface area contributed by atoms with Crippen LogP contribution in [0.2, 0.25) is 5.02 Å². The first kappa shape index (κ1) is 23.6. The SMILES string of the molecule is CCOc1ccccc1CNC(=O)CN(c1ccc(Cl)cc1C)S(=O)(=O)c1ccccc1. The van der Waals surface area contributed by atoms with Crippen molar-refractivity contribution >= 4 is 33.2 Å². The Morgan fingerprint density at radius 3 is 2.41 bits per heavy atom. The number of sulfonamides is 1. The van der Waals surface area contributed by atoms with E-state index in [1.807, 2.05) is 31.2 Å². The third-order valence-corrected chi connectivity index (χ3v) is 6.80. The van der Waals surface area contributed by atoms with Crippen molar-refractivity contribution in [3.8, 4) is 5.75 Å². The standard InChI is InChI=1S/C24H25ClN2O4S/c1-3-31-23-12-8-7-9-19(23)16-26-24(28)17-27(22-14-13-20(25)15-18(22)2)32(29,30)21-10-5-4-6-11-21/h4-15H,3,16-17H2,1-2H3,(H,26,28). The Labute approximate surface area is 193 Å². The van der Waals surface area contributed by atoms with Crippen molar-refractivity contribution in [3.05, 3.63) is 88.9 Å². The Balaban J connectivity index is 1.87. The number of rotatable bonds is 9. The molecule has 32 heavy (non-hydrogen) atoms. The molecule has 8 heteroatoms. The first-order valence-electron chi connectivity index (χ1n) is 10.1. The first-order valence-corrected chi connectivity index (χ1v) is 12.0. The van der Waals surface area contributed by atoms with Crippen LogP contribution >= 0.6 is 11.6 Å². The summed E-state index contributed by atoms with van der Waals surface area (Å²) < 4.78 is 33.5. The Hall–Kier alpha value is -3.03. The largest absolute Gasteiger partial charge is 0.494 e. The number of hydrogen-bond acceptors (Lipinski definition) is 4. The van der Waals surface area contributed by atoms with Gasteiger partial charge in [0.1, 0.15) is 12.3 Å². The van der Waals surface area contributed by atoms with Gasteiger partial charge < -0.3 is 10.1 Å². The number of para-hydroxylation sites is 1. The van der Waals surface area contributed by atoms with E-state index < -0.39 is 15.9 Å². The molecule has 168 valence electrons. The molecule has 0 bridgehead atoms. The maximum Gasteiger partial charge on any atom is 0.264 e. The Morgan fingerprint density at radius 2 is 1.72 bits per heavy atom. The lowest BCUT2D eigenvalue weighted by atomic mass is 10.2. The van der Waals surface area contributed by atoms with E-state index in [1.165, 1.54) is 12.1 Å². The van der Waals surface area contributed by atoms with E-state index in [-0.39, 0.29) is 18.0 Å². The highest BCUT2D eigenvalue weighted by Crippen LogP contribution is 2.28. The normalized spacial score (nSPS) is 11.1. The second-order valence-electron chi connectivity index (χ2n) is 7.07. The van der Waals surface area contributed by atoms with Crippen LogP contribution in [0.25, 0.3) is 0 Å². The average molecular weight is 473 g/mol. The molecule has 0 aliphatic heterocycles. The van der Waals surface area contributed by atoms with E-state index in [4.69, 9.17) is 16.3 Å². The summed E-state index contributed by atoms with van der Waals surface area (Å²) in [5, 5.41) is 3.29. The van der Waals surface area contributed by atoms with E-state index >= 15 is 0 Å². The van der Waals surface area contributed by atoms with Gasteiger partial charge in [0.05, 0.1) is 17.2 Å². The summed E-state index contributed by atoms with van der Waals surface area (Å²) in [6.45, 7) is 3.98. The number of halogens is 1. The van der Waals surface area contributed by atoms with Gasteiger partial charge in [-0.1, -0.05) is 48.0 Å². The van der Waals surface area contributed by atoms with E-state index in [9.17, 15) is 13.2 Å². The summed E-state index contributed by atoms with van der Waals surface area (Å²) in [5.74, 6) is 0.239. The molecule has 0 aromatic heterocycles. The number of aryl methyl sites for hydroxylation is 1. The van der Waals surface area contributed by atoms with E-state index in [0.717, 1.165) is 9.87 Å². The molecule has 6 nitrogen and oxygen atoms in total. The molecule has 3 aromatic carbocycles. The predicted octanol–water partition coefficient (Wildman–Crippen LogP) is 4.56. The van der Waals surface area contributed by atoms with Crippen LogP contribution in [-0.2, 0) is 21.4 Å². The lowest BCUT2D eigenvalue weighted by molar-refractivity contribution is -0.119. The zero-order valence-electron chi connectivity index (χ0n) is 17.9. The lowest BCUT2D eigenvalue weighted by Gasteiger charge is -2.26. The topological polar surface area (TPSA) is 75.7 Å². The van der Waals surface area contributed by atoms with Gasteiger partial charge in [0, 0.05) is 17.1 Å². The average Bonchev–Trinajstić information content (AvgIpc) is 2.78. The first-order chi connectivity index (χ1) is 15.3. The summed E-state index contributed by atoms with van der Waals surface area (Å²) in [4.78, 5) is 12.9. The molecule has 0 aliphatic carbocycles. The van der Waals surface area contributed by atoms with E-state index in [1.54, 1.807) is 43.3 Å². The summed E-state index contributed by atoms with van der Waals surface area (Å²) >= 11 is 6.06. The van der Waals surface area contributed by atoms with Crippen molar-refractivity contribution in [2.24, 2.45) is 0 Å². The van der Waals surface area contributed by atoms with Crippen LogP contribution in [0.4, 0.5) is 5.69 Å². The number of anilines is 1. The van der Waals surface area contributed by atoms with Gasteiger partial charge in [0.25, 0.3) is 10.0 Å². The Morgan fingerprint density at radius 1 is 1.03 bits per heavy atom. The number of carbonyl (C=O) groups is 1. The van der Waals surface area contributed by atoms with Crippen LogP contribution in [0, 0.1) is 6.92 Å². The molecular formula is C24H25ClN2O4S. The van der Waals surface area contributed by atoms with Crippen LogP contribution in [-0.4, -0.2) is 27.5 Å². The summed E-state index contributed by atoms with van der Waals surface area (Å²) in [7, 11) is -3.98. The van der Waals surface area contributed by atoms with Gasteiger partial charge in [-0.05, 0) is 55.8 Å². The molecule has 1 amide bonds. The molecule has 0 aliphatic rings. The van der Waals surface area contributed by atoms with Crippen LogP contribution in [0.1, 0.15) is 18.1 Å². The molecule has 1 N–H and O–H groups in total. The molecule has 3 aromatic rings. The predicted molar refractivity (Wildman–Crippen MR) is 127 cm³/mol. The van der Waals surface area contributed by atoms with Crippen molar-refractivity contribution in [1.82, 2.24) is 5.32 Å². The fourth-order valence-corrected chi connectivity index (χ4v) is 4.98. The molecular weight excluding hydrogens is 448 g/mol. The third kappa shape index (κ3) is 5.60. The van der Waals surface area contributed by atoms with Gasteiger partial charge in [0.15, 0.2) is 0 Å². The van der Waals surface area contributed by atoms with Crippen molar-refractivity contribution < 1.29 is 17.9 Å². The molecule has 0 radical (unpaired) electrons. The maximum atomic E-state index is 13.4. The highest BCUT2D eigenvalue weighted by atomic mass is 35.5. The Kier molecular flexibility index (Phi) is 7.77. The fraction of sp³-hybridized carbons (Fsp3) is 0.208. The van der Waals surface area contributed by atoms with E-state index in [0.29, 0.717) is 28.6 Å². The zero-order valence-corrected chi connectivity index (χ0v) is 19.5. The van der Waals surface area contributed by atoms with Crippen LogP contribution in [0.3, 0.4) is 0 Å². The van der Waals surface area contributed by atoms with E-state index in [2.05, 4.69) is 5.32 Å². The second kappa shape index (κ2) is 10.5. The van der Waals surface area contributed by atoms with Crippen molar-refractivity contribution in [2.75, 3.05) is 17.5 Å². The monoisotopic (exact) mass is 472 g/mol. The minimum atomic E-state index is -3.98. The minimum Gasteiger partial charge on any atom is -0.494 e. The Bertz CT molecular complexity index is 1180. The summed E-state index contributed by atoms with van der Waals surface area (Å²) in [6.07, 6.45) is 0. The molecule has 0 atom stereocenters. The van der Waals surface area contributed by atoms with Gasteiger partial charge in [0.2, 0.25) is 5.91 Å². The van der Waals surface area contributed by atoms with Crippen LogP contribution in [0.15, 0.2) is 77.7 Å². The van der Waals surface area contributed by atoms with Gasteiger partial charge in [-0.3, -0.25) is 9.10 Å². The smallest absolute Gasteiger partial charge is 0.264 e. The van der Waals surface area contributed by atoms with Gasteiger partial charge in [-0.25, -0.2) is 8.42 Å². The molecule has 0 spiro atoms. The highest BCUT2D eigenvalue weighted by molar-refractivity contribution is 7.92. The number of nitrogens with zero attached hydrogens (tertiary/aromatic N) is 1. The number of benzene rings is 3. The minimum absolute atomic E-state index is 0.101. The number of nitrogens with one attached hydrogen (secondary N) is 1. The van der Waals surface area contributed by atoms with Crippen molar-refractivity contribution in [2.45, 2.75) is 25.3 Å². The molecule has 0 unspecified atom stereocenters. The quantitative estimate of drug-likeness (QED) is 0.495. The van der Waals surface area contributed by atoms with Crippen molar-refractivity contribution in [3.63, 3.8) is 0 Å².